The number of rotatable bonds is 7. The Balaban J connectivity index is 1.74. The third kappa shape index (κ3) is 4.50. The average molecular weight is 430 g/mol. The minimum atomic E-state index is -3.64. The molecule has 0 unspecified atom stereocenters. The average Bonchev–Trinajstić information content (AvgIpc) is 3.21. The molecule has 10 heteroatoms. The van der Waals surface area contributed by atoms with Gasteiger partial charge in [0.2, 0.25) is 21.7 Å². The largest absolute Gasteiger partial charge is 0.497 e. The summed E-state index contributed by atoms with van der Waals surface area (Å²) in [4.78, 5) is 18.5. The van der Waals surface area contributed by atoms with Crippen molar-refractivity contribution in [1.82, 2.24) is 19.3 Å². The van der Waals surface area contributed by atoms with Crippen LogP contribution in [0, 0.1) is 0 Å². The molecule has 3 aromatic rings. The molecule has 0 N–H and O–H groups in total. The summed E-state index contributed by atoms with van der Waals surface area (Å²) in [6.45, 7) is 0.0760. The van der Waals surface area contributed by atoms with Gasteiger partial charge in [0.1, 0.15) is 5.75 Å². The van der Waals surface area contributed by atoms with Gasteiger partial charge in [-0.1, -0.05) is 11.2 Å². The number of amides is 1. The fourth-order valence-corrected chi connectivity index (χ4v) is 3.62. The topological polar surface area (TPSA) is 106 Å². The van der Waals surface area contributed by atoms with Gasteiger partial charge >= 0.3 is 0 Å². The van der Waals surface area contributed by atoms with Crippen molar-refractivity contribution in [2.75, 3.05) is 28.3 Å². The Morgan fingerprint density at radius 1 is 1.10 bits per heavy atom. The minimum Gasteiger partial charge on any atom is -0.497 e. The standard InChI is InChI=1S/C20H22N4O5S/c1-23(2)30(26,27)17-7-5-6-15(12-17)20(25)24(3)13-18-21-19(22-29-18)14-8-10-16(28-4)11-9-14/h5-12H,13H2,1-4H3. The van der Waals surface area contributed by atoms with Crippen LogP contribution < -0.4 is 4.74 Å². The van der Waals surface area contributed by atoms with Crippen molar-refractivity contribution in [1.29, 1.82) is 0 Å². The monoisotopic (exact) mass is 430 g/mol. The summed E-state index contributed by atoms with van der Waals surface area (Å²) in [7, 11) is 2.40. The van der Waals surface area contributed by atoms with Gasteiger partial charge in [-0.25, -0.2) is 12.7 Å². The van der Waals surface area contributed by atoms with Crippen LogP contribution in [-0.4, -0.2) is 61.9 Å². The lowest BCUT2D eigenvalue weighted by Gasteiger charge is -2.16. The molecule has 0 saturated heterocycles. The predicted molar refractivity (Wildman–Crippen MR) is 109 cm³/mol. The zero-order valence-electron chi connectivity index (χ0n) is 17.1. The van der Waals surface area contributed by atoms with Gasteiger partial charge < -0.3 is 14.2 Å². The molecule has 0 spiro atoms. The molecule has 158 valence electrons. The van der Waals surface area contributed by atoms with Gasteiger partial charge in [-0.05, 0) is 42.5 Å². The second-order valence-corrected chi connectivity index (χ2v) is 8.87. The van der Waals surface area contributed by atoms with Crippen LogP contribution >= 0.6 is 0 Å². The molecule has 0 aliphatic rings. The summed E-state index contributed by atoms with van der Waals surface area (Å²) < 4.78 is 36.1. The molecule has 0 radical (unpaired) electrons. The second-order valence-electron chi connectivity index (χ2n) is 6.72. The van der Waals surface area contributed by atoms with Crippen LogP contribution in [0.1, 0.15) is 16.2 Å². The molecule has 0 fully saturated rings. The lowest BCUT2D eigenvalue weighted by Crippen LogP contribution is -2.27. The number of sulfonamides is 1. The van der Waals surface area contributed by atoms with Crippen molar-refractivity contribution < 1.29 is 22.5 Å². The first-order valence-electron chi connectivity index (χ1n) is 8.97. The molecule has 9 nitrogen and oxygen atoms in total. The lowest BCUT2D eigenvalue weighted by molar-refractivity contribution is 0.0769. The summed E-state index contributed by atoms with van der Waals surface area (Å²) in [6.07, 6.45) is 0. The Morgan fingerprint density at radius 2 is 1.80 bits per heavy atom. The second kappa shape index (κ2) is 8.64. The molecule has 0 saturated carbocycles. The van der Waals surface area contributed by atoms with Crippen LogP contribution in [0.25, 0.3) is 11.4 Å². The van der Waals surface area contributed by atoms with E-state index in [9.17, 15) is 13.2 Å². The van der Waals surface area contributed by atoms with Crippen molar-refractivity contribution >= 4 is 15.9 Å². The number of methoxy groups -OCH3 is 1. The van der Waals surface area contributed by atoms with Gasteiger partial charge in [-0.3, -0.25) is 4.79 Å². The van der Waals surface area contributed by atoms with Gasteiger partial charge in [0, 0.05) is 32.3 Å². The molecular weight excluding hydrogens is 408 g/mol. The van der Waals surface area contributed by atoms with Gasteiger partial charge in [0.25, 0.3) is 5.91 Å². The van der Waals surface area contributed by atoms with Gasteiger partial charge in [0.15, 0.2) is 0 Å². The van der Waals surface area contributed by atoms with E-state index in [4.69, 9.17) is 9.26 Å². The van der Waals surface area contributed by atoms with Crippen LogP contribution in [0.3, 0.4) is 0 Å². The van der Waals surface area contributed by atoms with Gasteiger partial charge in [0.05, 0.1) is 18.6 Å². The highest BCUT2D eigenvalue weighted by molar-refractivity contribution is 7.89. The Hall–Kier alpha value is -3.24. The van der Waals surface area contributed by atoms with Crippen LogP contribution in [0.2, 0.25) is 0 Å². The summed E-state index contributed by atoms with van der Waals surface area (Å²) in [6, 6.07) is 13.1. The Kier molecular flexibility index (Phi) is 6.18. The molecule has 3 rings (SSSR count). The number of benzene rings is 2. The van der Waals surface area contributed by atoms with Crippen molar-refractivity contribution in [3.8, 4) is 17.1 Å². The number of carbonyl (C=O) groups is 1. The Bertz CT molecular complexity index is 1140. The molecule has 1 aromatic heterocycles. The van der Waals surface area contributed by atoms with E-state index in [0.29, 0.717) is 11.6 Å². The Morgan fingerprint density at radius 3 is 2.43 bits per heavy atom. The highest BCUT2D eigenvalue weighted by atomic mass is 32.2. The van der Waals surface area contributed by atoms with E-state index < -0.39 is 10.0 Å². The fourth-order valence-electron chi connectivity index (χ4n) is 2.67. The molecule has 0 atom stereocenters. The number of hydrogen-bond donors (Lipinski definition) is 0. The van der Waals surface area contributed by atoms with Crippen molar-refractivity contribution in [3.63, 3.8) is 0 Å². The molecule has 0 aliphatic heterocycles. The highest BCUT2D eigenvalue weighted by Crippen LogP contribution is 2.21. The first kappa shape index (κ1) is 21.5. The zero-order valence-corrected chi connectivity index (χ0v) is 17.9. The molecule has 2 aromatic carbocycles. The van der Waals surface area contributed by atoms with Crippen molar-refractivity contribution in [2.45, 2.75) is 11.4 Å². The van der Waals surface area contributed by atoms with Crippen LogP contribution in [-0.2, 0) is 16.6 Å². The quantitative estimate of drug-likeness (QED) is 0.566. The number of hydrogen-bond acceptors (Lipinski definition) is 7. The van der Waals surface area contributed by atoms with E-state index >= 15 is 0 Å². The lowest BCUT2D eigenvalue weighted by atomic mass is 10.2. The maximum Gasteiger partial charge on any atom is 0.254 e. The molecule has 1 heterocycles. The number of nitrogens with zero attached hydrogens (tertiary/aromatic N) is 4. The number of ether oxygens (including phenoxy) is 1. The van der Waals surface area contributed by atoms with E-state index in [1.807, 2.05) is 0 Å². The summed E-state index contributed by atoms with van der Waals surface area (Å²) >= 11 is 0. The molecule has 1 amide bonds. The van der Waals surface area contributed by atoms with E-state index in [2.05, 4.69) is 10.1 Å². The maximum absolute atomic E-state index is 12.8. The zero-order chi connectivity index (χ0) is 21.9. The summed E-state index contributed by atoms with van der Waals surface area (Å²) in [5.41, 5.74) is 0.997. The van der Waals surface area contributed by atoms with Crippen LogP contribution in [0.5, 0.6) is 5.75 Å². The summed E-state index contributed by atoms with van der Waals surface area (Å²) in [5.74, 6) is 1.00. The third-order valence-electron chi connectivity index (χ3n) is 4.39. The van der Waals surface area contributed by atoms with E-state index in [1.54, 1.807) is 44.5 Å². The van der Waals surface area contributed by atoms with E-state index in [1.165, 1.54) is 37.2 Å². The maximum atomic E-state index is 12.8. The SMILES string of the molecule is COc1ccc(-c2noc(CN(C)C(=O)c3cccc(S(=O)(=O)N(C)C)c3)n2)cc1. The van der Waals surface area contributed by atoms with Crippen LogP contribution in [0.15, 0.2) is 57.9 Å². The smallest absolute Gasteiger partial charge is 0.254 e. The van der Waals surface area contributed by atoms with E-state index in [0.717, 1.165) is 9.87 Å². The predicted octanol–water partition coefficient (Wildman–Crippen LogP) is 2.27. The highest BCUT2D eigenvalue weighted by Gasteiger charge is 2.21. The fraction of sp³-hybridized carbons (Fsp3) is 0.250. The molecular formula is C20H22N4O5S. The first-order chi connectivity index (χ1) is 14.2. The van der Waals surface area contributed by atoms with E-state index in [-0.39, 0.29) is 28.8 Å². The molecule has 0 bridgehead atoms. The normalized spacial score (nSPS) is 11.5. The number of aromatic nitrogens is 2. The first-order valence-corrected chi connectivity index (χ1v) is 10.4. The van der Waals surface area contributed by atoms with Crippen molar-refractivity contribution in [2.24, 2.45) is 0 Å². The molecule has 30 heavy (non-hydrogen) atoms. The van der Waals surface area contributed by atoms with Gasteiger partial charge in [-0.2, -0.15) is 4.98 Å². The van der Waals surface area contributed by atoms with Gasteiger partial charge in [-0.15, -0.1) is 0 Å². The van der Waals surface area contributed by atoms with Crippen LogP contribution in [0.4, 0.5) is 0 Å². The minimum absolute atomic E-state index is 0.0475. The third-order valence-corrected chi connectivity index (χ3v) is 6.21. The Labute approximate surface area is 174 Å². The number of carbonyl (C=O) groups excluding carboxylic acids is 1. The summed E-state index contributed by atoms with van der Waals surface area (Å²) in [5, 5.41) is 3.94. The van der Waals surface area contributed by atoms with Crippen molar-refractivity contribution in [3.05, 3.63) is 60.0 Å². The molecule has 0 aliphatic carbocycles.